The zero-order valence-electron chi connectivity index (χ0n) is 15.1. The summed E-state index contributed by atoms with van der Waals surface area (Å²) in [6.45, 7) is 3.96. The van der Waals surface area contributed by atoms with Gasteiger partial charge in [0.25, 0.3) is 0 Å². The van der Waals surface area contributed by atoms with Crippen LogP contribution in [0.25, 0.3) is 0 Å². The SMILES string of the molecule is CC1(C)OB(c2cc(Br)cc(Nc3nccc(C(F)(F)F)n3)c2)OS1(C)C. The van der Waals surface area contributed by atoms with E-state index in [2.05, 4.69) is 31.2 Å². The van der Waals surface area contributed by atoms with Crippen LogP contribution in [0.2, 0.25) is 0 Å². The first-order valence-corrected chi connectivity index (χ1v) is 11.1. The van der Waals surface area contributed by atoms with Gasteiger partial charge in [0.05, 0.1) is 4.93 Å². The molecule has 11 heteroatoms. The van der Waals surface area contributed by atoms with Crippen LogP contribution in [0.1, 0.15) is 19.5 Å². The summed E-state index contributed by atoms with van der Waals surface area (Å²) >= 11 is 3.41. The summed E-state index contributed by atoms with van der Waals surface area (Å²) < 4.78 is 51.4. The lowest BCUT2D eigenvalue weighted by molar-refractivity contribution is -0.141. The van der Waals surface area contributed by atoms with Gasteiger partial charge in [0.1, 0.15) is 5.69 Å². The van der Waals surface area contributed by atoms with Gasteiger partial charge in [0.15, 0.2) is 0 Å². The fourth-order valence-corrected chi connectivity index (χ4v) is 4.03. The topological polar surface area (TPSA) is 56.3 Å². The van der Waals surface area contributed by atoms with Gasteiger partial charge in [-0.25, -0.2) is 9.97 Å². The van der Waals surface area contributed by atoms with E-state index in [-0.39, 0.29) is 5.95 Å². The van der Waals surface area contributed by atoms with E-state index < -0.39 is 34.2 Å². The molecule has 3 rings (SSSR count). The normalized spacial score (nSPS) is 19.8. The maximum absolute atomic E-state index is 12.8. The average molecular weight is 464 g/mol. The van der Waals surface area contributed by atoms with Gasteiger partial charge in [0.2, 0.25) is 5.95 Å². The Morgan fingerprint density at radius 1 is 1.22 bits per heavy atom. The van der Waals surface area contributed by atoms with Crippen LogP contribution in [-0.2, 0) is 14.9 Å². The first kappa shape index (κ1) is 20.4. The van der Waals surface area contributed by atoms with Crippen molar-refractivity contribution < 1.29 is 21.9 Å². The molecule has 1 aliphatic heterocycles. The number of aromatic nitrogens is 2. The number of anilines is 2. The molecular formula is C16H18BBrF3N3O2S. The second kappa shape index (κ2) is 6.95. The molecule has 1 aromatic heterocycles. The van der Waals surface area contributed by atoms with E-state index in [0.29, 0.717) is 5.69 Å². The number of hydrogen-bond donors (Lipinski definition) is 1. The monoisotopic (exact) mass is 463 g/mol. The predicted molar refractivity (Wildman–Crippen MR) is 106 cm³/mol. The quantitative estimate of drug-likeness (QED) is 0.681. The van der Waals surface area contributed by atoms with Crippen LogP contribution in [-0.4, -0.2) is 34.5 Å². The number of halogens is 4. The van der Waals surface area contributed by atoms with E-state index >= 15 is 0 Å². The number of nitrogens with one attached hydrogen (secondary N) is 1. The number of rotatable bonds is 3. The fourth-order valence-electron chi connectivity index (χ4n) is 2.38. The van der Waals surface area contributed by atoms with Crippen molar-refractivity contribution in [1.82, 2.24) is 9.97 Å². The van der Waals surface area contributed by atoms with Crippen molar-refractivity contribution in [3.8, 4) is 0 Å². The first-order chi connectivity index (χ1) is 12.4. The molecule has 0 amide bonds. The van der Waals surface area contributed by atoms with E-state index in [1.165, 1.54) is 0 Å². The molecule has 1 fully saturated rings. The van der Waals surface area contributed by atoms with Crippen molar-refractivity contribution in [2.75, 3.05) is 17.8 Å². The highest BCUT2D eigenvalue weighted by Crippen LogP contribution is 2.59. The van der Waals surface area contributed by atoms with Gasteiger partial charge in [-0.3, -0.25) is 0 Å². The second-order valence-corrected chi connectivity index (χ2v) is 11.4. The van der Waals surface area contributed by atoms with Crippen molar-refractivity contribution in [1.29, 1.82) is 0 Å². The molecule has 1 saturated heterocycles. The minimum atomic E-state index is -4.53. The van der Waals surface area contributed by atoms with E-state index in [1.807, 2.05) is 32.4 Å². The third kappa shape index (κ3) is 4.42. The molecule has 0 saturated carbocycles. The van der Waals surface area contributed by atoms with Crippen LogP contribution >= 0.6 is 26.2 Å². The summed E-state index contributed by atoms with van der Waals surface area (Å²) in [5.74, 6) is -0.145. The Balaban J connectivity index is 1.87. The molecule has 2 aromatic rings. The van der Waals surface area contributed by atoms with Gasteiger partial charge >= 0.3 is 13.3 Å². The minimum absolute atomic E-state index is 0.145. The molecule has 1 aromatic carbocycles. The summed E-state index contributed by atoms with van der Waals surface area (Å²) in [4.78, 5) is 6.96. The predicted octanol–water partition coefficient (Wildman–Crippen LogP) is 4.46. The van der Waals surface area contributed by atoms with Crippen molar-refractivity contribution >= 4 is 50.5 Å². The zero-order chi connectivity index (χ0) is 20.0. The average Bonchev–Trinajstić information content (AvgIpc) is 2.74. The highest BCUT2D eigenvalue weighted by Gasteiger charge is 2.49. The van der Waals surface area contributed by atoms with E-state index in [0.717, 1.165) is 22.2 Å². The van der Waals surface area contributed by atoms with Gasteiger partial charge in [-0.15, -0.1) is 10.3 Å². The molecule has 0 spiro atoms. The van der Waals surface area contributed by atoms with Gasteiger partial charge in [-0.2, -0.15) is 13.2 Å². The Bertz CT molecular complexity index is 851. The van der Waals surface area contributed by atoms with Crippen LogP contribution < -0.4 is 10.8 Å². The standard InChI is InChI=1S/C16H18BBrF3N3O2S/c1-15(2)25-17(26-27(15,3)4)10-7-11(18)9-12(8-10)23-14-22-6-5-13(24-14)16(19,20)21/h5-9H,1-4H3,(H,22,23,24). The Hall–Kier alpha value is -1.30. The molecule has 0 bridgehead atoms. The molecule has 0 radical (unpaired) electrons. The Morgan fingerprint density at radius 3 is 2.52 bits per heavy atom. The van der Waals surface area contributed by atoms with Crippen molar-refractivity contribution in [3.63, 3.8) is 0 Å². The molecule has 146 valence electrons. The molecule has 5 nitrogen and oxygen atoms in total. The largest absolute Gasteiger partial charge is 0.505 e. The highest BCUT2D eigenvalue weighted by molar-refractivity contribution is 9.10. The third-order valence-electron chi connectivity index (χ3n) is 4.30. The lowest BCUT2D eigenvalue weighted by Crippen LogP contribution is -2.34. The van der Waals surface area contributed by atoms with Gasteiger partial charge in [0, 0.05) is 16.4 Å². The lowest BCUT2D eigenvalue weighted by Gasteiger charge is -2.37. The maximum Gasteiger partial charge on any atom is 0.505 e. The van der Waals surface area contributed by atoms with Crippen LogP contribution in [0.5, 0.6) is 0 Å². The summed E-state index contributed by atoms with van der Waals surface area (Å²) in [5, 5.41) is 2.81. The second-order valence-electron chi connectivity index (χ2n) is 6.84. The summed E-state index contributed by atoms with van der Waals surface area (Å²) in [6.07, 6.45) is 0.586. The molecule has 0 unspecified atom stereocenters. The first-order valence-electron chi connectivity index (χ1n) is 7.94. The van der Waals surface area contributed by atoms with E-state index in [4.69, 9.17) is 8.75 Å². The van der Waals surface area contributed by atoms with Crippen molar-refractivity contribution in [2.24, 2.45) is 0 Å². The number of benzene rings is 1. The summed E-state index contributed by atoms with van der Waals surface area (Å²) in [6, 6.07) is 6.13. The molecule has 1 N–H and O–H groups in total. The van der Waals surface area contributed by atoms with Crippen LogP contribution in [0.4, 0.5) is 24.8 Å². The zero-order valence-corrected chi connectivity index (χ0v) is 17.5. The molecule has 0 atom stereocenters. The summed E-state index contributed by atoms with van der Waals surface area (Å²) in [5.41, 5.74) is 0.248. The molecule has 1 aliphatic rings. The molecule has 27 heavy (non-hydrogen) atoms. The van der Waals surface area contributed by atoms with Crippen LogP contribution in [0.3, 0.4) is 0 Å². The number of nitrogens with zero attached hydrogens (tertiary/aromatic N) is 2. The van der Waals surface area contributed by atoms with Crippen molar-refractivity contribution in [3.05, 3.63) is 40.6 Å². The highest BCUT2D eigenvalue weighted by atomic mass is 79.9. The van der Waals surface area contributed by atoms with E-state index in [9.17, 15) is 13.2 Å². The van der Waals surface area contributed by atoms with Gasteiger partial charge < -0.3 is 14.1 Å². The van der Waals surface area contributed by atoms with Crippen LogP contribution in [0.15, 0.2) is 34.9 Å². The molecular weight excluding hydrogens is 446 g/mol. The Morgan fingerprint density at radius 2 is 1.93 bits per heavy atom. The van der Waals surface area contributed by atoms with Gasteiger partial charge in [-0.05, 0) is 56.1 Å². The molecule has 2 heterocycles. The fraction of sp³-hybridized carbons (Fsp3) is 0.375. The maximum atomic E-state index is 12.8. The van der Waals surface area contributed by atoms with Crippen LogP contribution in [0, 0.1) is 0 Å². The number of hydrogen-bond acceptors (Lipinski definition) is 5. The molecule has 0 aliphatic carbocycles. The third-order valence-corrected chi connectivity index (χ3v) is 7.87. The minimum Gasteiger partial charge on any atom is -0.392 e. The van der Waals surface area contributed by atoms with Gasteiger partial charge in [-0.1, -0.05) is 15.9 Å². The van der Waals surface area contributed by atoms with Crippen molar-refractivity contribution in [2.45, 2.75) is 25.0 Å². The number of alkyl halides is 3. The smallest absolute Gasteiger partial charge is 0.392 e. The lowest BCUT2D eigenvalue weighted by atomic mass is 9.79. The Labute approximate surface area is 165 Å². The Kier molecular flexibility index (Phi) is 5.26. The summed E-state index contributed by atoms with van der Waals surface area (Å²) in [7, 11) is -2.00. The van der Waals surface area contributed by atoms with E-state index in [1.54, 1.807) is 12.1 Å².